The molecular weight excluding hydrogens is 163 g/mol. The van der Waals surface area contributed by atoms with Crippen molar-refractivity contribution >= 4 is 7.26 Å². The molecule has 72 valence electrons. The van der Waals surface area contributed by atoms with Gasteiger partial charge in [0.25, 0.3) is 0 Å². The average Bonchev–Trinajstić information content (AvgIpc) is 1.47. The van der Waals surface area contributed by atoms with Crippen LogP contribution in [0.3, 0.4) is 0 Å². The first-order valence-corrected chi connectivity index (χ1v) is 7.24. The molecule has 0 aromatic rings. The highest BCUT2D eigenvalue weighted by Gasteiger charge is 2.61. The summed E-state index contributed by atoms with van der Waals surface area (Å²) < 4.78 is 0. The lowest BCUT2D eigenvalue weighted by Gasteiger charge is -2.52. The molecule has 1 fully saturated rings. The number of rotatable bonds is 0. The molecular formula is C11H24P+. The van der Waals surface area contributed by atoms with Gasteiger partial charge in [-0.15, -0.1) is 0 Å². The smallest absolute Gasteiger partial charge is 0.0260 e. The average molecular weight is 187 g/mol. The van der Waals surface area contributed by atoms with Crippen LogP contribution < -0.4 is 0 Å². The zero-order chi connectivity index (χ0) is 9.62. The molecule has 1 rings (SSSR count). The Labute approximate surface area is 78.5 Å². The first kappa shape index (κ1) is 10.5. The summed E-state index contributed by atoms with van der Waals surface area (Å²) in [6, 6.07) is 0. The van der Waals surface area contributed by atoms with E-state index < -0.39 is 7.26 Å². The zero-order valence-electron chi connectivity index (χ0n) is 9.57. The Balaban J connectivity index is 2.92. The maximum Gasteiger partial charge on any atom is 0.0720 e. The quantitative estimate of drug-likeness (QED) is 0.503. The van der Waals surface area contributed by atoms with Gasteiger partial charge in [-0.1, -0.05) is 0 Å². The van der Waals surface area contributed by atoms with E-state index in [4.69, 9.17) is 0 Å². The minimum absolute atomic E-state index is 0.587. The van der Waals surface area contributed by atoms with Crippen molar-refractivity contribution in [1.82, 2.24) is 0 Å². The van der Waals surface area contributed by atoms with Gasteiger partial charge in [-0.3, -0.25) is 0 Å². The summed E-state index contributed by atoms with van der Waals surface area (Å²) in [6.45, 7) is 14.7. The van der Waals surface area contributed by atoms with Crippen LogP contribution in [0.1, 0.15) is 48.0 Å². The van der Waals surface area contributed by atoms with Crippen molar-refractivity contribution in [2.75, 3.05) is 12.3 Å². The SMILES string of the molecule is CC(C)(C)[P+]1(C(C)(C)C)CCC1. The largest absolute Gasteiger partial charge is 0.0720 e. The van der Waals surface area contributed by atoms with Crippen LogP contribution in [0.2, 0.25) is 0 Å². The minimum atomic E-state index is -0.637. The summed E-state index contributed by atoms with van der Waals surface area (Å²) in [7, 11) is -0.637. The van der Waals surface area contributed by atoms with Crippen LogP contribution >= 0.6 is 7.26 Å². The Morgan fingerprint density at radius 1 is 0.750 bits per heavy atom. The second kappa shape index (κ2) is 2.71. The van der Waals surface area contributed by atoms with Crippen LogP contribution in [-0.2, 0) is 0 Å². The Hall–Kier alpha value is 0.430. The first-order valence-electron chi connectivity index (χ1n) is 5.08. The van der Waals surface area contributed by atoms with Gasteiger partial charge in [-0.05, 0) is 41.5 Å². The molecule has 0 aliphatic carbocycles. The van der Waals surface area contributed by atoms with E-state index in [0.29, 0.717) is 10.3 Å². The van der Waals surface area contributed by atoms with Gasteiger partial charge in [-0.25, -0.2) is 0 Å². The standard InChI is InChI=1S/C11H24P/c1-10(2,3)12(8-7-9-12)11(4,5)6/h7-9H2,1-6H3/q+1. The minimum Gasteiger partial charge on any atom is -0.0260 e. The molecule has 0 radical (unpaired) electrons. The maximum atomic E-state index is 2.45. The second-order valence-electron chi connectivity index (χ2n) is 6.11. The molecule has 0 N–H and O–H groups in total. The van der Waals surface area contributed by atoms with Crippen molar-refractivity contribution in [3.63, 3.8) is 0 Å². The third-order valence-electron chi connectivity index (χ3n) is 3.65. The summed E-state index contributed by atoms with van der Waals surface area (Å²) in [5, 5.41) is 1.17. The van der Waals surface area contributed by atoms with Gasteiger partial charge in [0, 0.05) is 13.7 Å². The fraction of sp³-hybridized carbons (Fsp3) is 1.00. The van der Waals surface area contributed by atoms with Gasteiger partial charge < -0.3 is 0 Å². The summed E-state index contributed by atoms with van der Waals surface area (Å²) >= 11 is 0. The molecule has 0 nitrogen and oxygen atoms in total. The lowest BCUT2D eigenvalue weighted by atomic mass is 10.2. The van der Waals surface area contributed by atoms with E-state index in [1.807, 2.05) is 0 Å². The molecule has 0 spiro atoms. The highest BCUT2D eigenvalue weighted by molar-refractivity contribution is 7.80. The molecule has 0 atom stereocenters. The predicted molar refractivity (Wildman–Crippen MR) is 60.8 cm³/mol. The Kier molecular flexibility index (Phi) is 2.37. The van der Waals surface area contributed by atoms with E-state index in [-0.39, 0.29) is 0 Å². The molecule has 1 aliphatic rings. The molecule has 1 heterocycles. The van der Waals surface area contributed by atoms with E-state index in [1.165, 1.54) is 6.42 Å². The van der Waals surface area contributed by atoms with Crippen molar-refractivity contribution in [1.29, 1.82) is 0 Å². The molecule has 0 unspecified atom stereocenters. The molecule has 0 aromatic carbocycles. The Bertz CT molecular complexity index is 148. The Morgan fingerprint density at radius 3 is 1.08 bits per heavy atom. The molecule has 0 saturated carbocycles. The molecule has 0 aromatic heterocycles. The topological polar surface area (TPSA) is 0 Å². The van der Waals surface area contributed by atoms with Gasteiger partial charge in [0.1, 0.15) is 0 Å². The second-order valence-corrected chi connectivity index (χ2v) is 11.6. The van der Waals surface area contributed by atoms with Crippen LogP contribution in [0, 0.1) is 0 Å². The van der Waals surface area contributed by atoms with Gasteiger partial charge >= 0.3 is 0 Å². The summed E-state index contributed by atoms with van der Waals surface area (Å²) in [4.78, 5) is 0. The summed E-state index contributed by atoms with van der Waals surface area (Å²) in [5.41, 5.74) is 0. The van der Waals surface area contributed by atoms with Crippen LogP contribution in [0.15, 0.2) is 0 Å². The molecule has 0 amide bonds. The third kappa shape index (κ3) is 1.33. The zero-order valence-corrected chi connectivity index (χ0v) is 10.5. The highest BCUT2D eigenvalue weighted by atomic mass is 31.2. The van der Waals surface area contributed by atoms with Gasteiger partial charge in [0.2, 0.25) is 0 Å². The van der Waals surface area contributed by atoms with Crippen molar-refractivity contribution in [3.05, 3.63) is 0 Å². The highest BCUT2D eigenvalue weighted by Crippen LogP contribution is 2.81. The molecule has 0 bridgehead atoms. The monoisotopic (exact) mass is 187 g/mol. The van der Waals surface area contributed by atoms with Gasteiger partial charge in [-0.2, -0.15) is 0 Å². The molecule has 12 heavy (non-hydrogen) atoms. The van der Waals surface area contributed by atoms with Crippen molar-refractivity contribution in [2.24, 2.45) is 0 Å². The van der Waals surface area contributed by atoms with E-state index in [2.05, 4.69) is 41.5 Å². The summed E-state index contributed by atoms with van der Waals surface area (Å²) in [6.07, 6.45) is 4.57. The van der Waals surface area contributed by atoms with E-state index >= 15 is 0 Å². The van der Waals surface area contributed by atoms with E-state index in [1.54, 1.807) is 12.3 Å². The van der Waals surface area contributed by atoms with Crippen molar-refractivity contribution in [3.8, 4) is 0 Å². The van der Waals surface area contributed by atoms with Crippen molar-refractivity contribution in [2.45, 2.75) is 58.3 Å². The van der Waals surface area contributed by atoms with Crippen LogP contribution in [0.4, 0.5) is 0 Å². The number of hydrogen-bond donors (Lipinski definition) is 0. The fourth-order valence-electron chi connectivity index (χ4n) is 2.82. The van der Waals surface area contributed by atoms with Gasteiger partial charge in [0.15, 0.2) is 0 Å². The van der Waals surface area contributed by atoms with Crippen LogP contribution in [0.25, 0.3) is 0 Å². The third-order valence-corrected chi connectivity index (χ3v) is 10.9. The van der Waals surface area contributed by atoms with Crippen LogP contribution in [0.5, 0.6) is 0 Å². The van der Waals surface area contributed by atoms with E-state index in [9.17, 15) is 0 Å². The summed E-state index contributed by atoms with van der Waals surface area (Å²) in [5.74, 6) is 0. The lowest BCUT2D eigenvalue weighted by Crippen LogP contribution is -2.42. The van der Waals surface area contributed by atoms with Crippen LogP contribution in [-0.4, -0.2) is 22.6 Å². The fourth-order valence-corrected chi connectivity index (χ4v) is 8.47. The first-order chi connectivity index (χ1) is 5.21. The normalized spacial score (nSPS) is 23.5. The Morgan fingerprint density at radius 2 is 1.08 bits per heavy atom. The molecule has 1 saturated heterocycles. The number of hydrogen-bond acceptors (Lipinski definition) is 0. The van der Waals surface area contributed by atoms with Crippen molar-refractivity contribution < 1.29 is 0 Å². The predicted octanol–water partition coefficient (Wildman–Crippen LogP) is 4.00. The van der Waals surface area contributed by atoms with E-state index in [0.717, 1.165) is 0 Å². The maximum absolute atomic E-state index is 2.45. The van der Waals surface area contributed by atoms with Gasteiger partial charge in [0.05, 0.1) is 22.6 Å². The lowest BCUT2D eigenvalue weighted by molar-refractivity contribution is 0.651. The molecule has 1 heteroatoms. The molecule has 1 aliphatic heterocycles.